The number of hydrogen-bond donors (Lipinski definition) is 0. The van der Waals surface area contributed by atoms with Gasteiger partial charge in [-0.1, -0.05) is 97.5 Å². The first-order chi connectivity index (χ1) is 10.6. The quantitative estimate of drug-likeness (QED) is 0.217. The summed E-state index contributed by atoms with van der Waals surface area (Å²) in [5.41, 5.74) is 0.728. The second kappa shape index (κ2) is 15.3. The van der Waals surface area contributed by atoms with E-state index < -0.39 is 0 Å². The molecule has 0 radical (unpaired) electrons. The van der Waals surface area contributed by atoms with Crippen LogP contribution in [0.4, 0.5) is 0 Å². The van der Waals surface area contributed by atoms with E-state index in [0.717, 1.165) is 18.4 Å². The zero-order chi connectivity index (χ0) is 16.6. The summed E-state index contributed by atoms with van der Waals surface area (Å²) in [7, 11) is 0. The summed E-state index contributed by atoms with van der Waals surface area (Å²) in [5.74, 6) is 0.506. The molecule has 0 aromatic heterocycles. The fourth-order valence-corrected chi connectivity index (χ4v) is 3.10. The van der Waals surface area contributed by atoms with Crippen LogP contribution in [-0.2, 0) is 4.79 Å². The summed E-state index contributed by atoms with van der Waals surface area (Å²) < 4.78 is 0. The molecule has 0 amide bonds. The van der Waals surface area contributed by atoms with Crippen molar-refractivity contribution in [2.75, 3.05) is 0 Å². The lowest BCUT2D eigenvalue weighted by molar-refractivity contribution is -0.119. The van der Waals surface area contributed by atoms with Crippen molar-refractivity contribution < 1.29 is 4.79 Å². The van der Waals surface area contributed by atoms with E-state index in [4.69, 9.17) is 0 Å². The summed E-state index contributed by atoms with van der Waals surface area (Å²) in [6.45, 7) is 10.0. The molecule has 0 saturated heterocycles. The molecule has 0 saturated carbocycles. The molecule has 0 N–H and O–H groups in total. The molecule has 0 aromatic carbocycles. The van der Waals surface area contributed by atoms with E-state index in [0.29, 0.717) is 0 Å². The molecule has 1 atom stereocenters. The van der Waals surface area contributed by atoms with E-state index in [1.165, 1.54) is 77.0 Å². The highest BCUT2D eigenvalue weighted by molar-refractivity contribution is 5.95. The van der Waals surface area contributed by atoms with Crippen molar-refractivity contribution in [2.45, 2.75) is 111 Å². The molecule has 0 rings (SSSR count). The monoisotopic (exact) mass is 308 g/mol. The van der Waals surface area contributed by atoms with Crippen LogP contribution < -0.4 is 0 Å². The minimum atomic E-state index is 0.223. The van der Waals surface area contributed by atoms with Gasteiger partial charge < -0.3 is 0 Å². The van der Waals surface area contributed by atoms with Gasteiger partial charge in [0, 0.05) is 5.92 Å². The molecular formula is C21H40O. The summed E-state index contributed by atoms with van der Waals surface area (Å²) in [6.07, 6.45) is 18.5. The van der Waals surface area contributed by atoms with Crippen LogP contribution in [0.1, 0.15) is 111 Å². The Balaban J connectivity index is 3.35. The molecule has 0 aliphatic heterocycles. The average molecular weight is 309 g/mol. The average Bonchev–Trinajstić information content (AvgIpc) is 2.51. The number of unbranched alkanes of at least 4 members (excludes halogenated alkanes) is 11. The molecule has 1 nitrogen and oxygen atoms in total. The first-order valence-corrected chi connectivity index (χ1v) is 9.83. The van der Waals surface area contributed by atoms with Crippen molar-refractivity contribution in [3.63, 3.8) is 0 Å². The first kappa shape index (κ1) is 21.4. The van der Waals surface area contributed by atoms with Crippen LogP contribution in [0.5, 0.6) is 0 Å². The highest BCUT2D eigenvalue weighted by Crippen LogP contribution is 2.19. The predicted octanol–water partition coefficient (Wildman–Crippen LogP) is 7.25. The summed E-state index contributed by atoms with van der Waals surface area (Å²) in [5, 5.41) is 0. The lowest BCUT2D eigenvalue weighted by Gasteiger charge is -2.13. The molecule has 0 fully saturated rings. The molecule has 1 unspecified atom stereocenters. The van der Waals surface area contributed by atoms with Gasteiger partial charge in [0.15, 0.2) is 5.78 Å². The SMILES string of the molecule is C=C(C)C(=O)C(CC)CCCCCCCCCCCCCC. The number of carbonyl (C=O) groups excluding carboxylic acids is 1. The van der Waals surface area contributed by atoms with Gasteiger partial charge in [-0.25, -0.2) is 0 Å². The normalized spacial score (nSPS) is 12.3. The van der Waals surface area contributed by atoms with Crippen molar-refractivity contribution in [1.29, 1.82) is 0 Å². The minimum Gasteiger partial charge on any atom is -0.294 e. The van der Waals surface area contributed by atoms with Gasteiger partial charge in [-0.3, -0.25) is 4.79 Å². The Kier molecular flexibility index (Phi) is 14.9. The van der Waals surface area contributed by atoms with Crippen molar-refractivity contribution in [3.8, 4) is 0 Å². The summed E-state index contributed by atoms with van der Waals surface area (Å²) in [6, 6.07) is 0. The molecule has 0 aliphatic rings. The van der Waals surface area contributed by atoms with Gasteiger partial charge in [-0.2, -0.15) is 0 Å². The topological polar surface area (TPSA) is 17.1 Å². The predicted molar refractivity (Wildman–Crippen MR) is 99.3 cm³/mol. The number of hydrogen-bond acceptors (Lipinski definition) is 1. The van der Waals surface area contributed by atoms with Crippen LogP contribution in [0.25, 0.3) is 0 Å². The van der Waals surface area contributed by atoms with Gasteiger partial charge in [-0.05, 0) is 25.3 Å². The van der Waals surface area contributed by atoms with E-state index >= 15 is 0 Å². The third-order valence-corrected chi connectivity index (χ3v) is 4.69. The molecule has 0 spiro atoms. The fourth-order valence-electron chi connectivity index (χ4n) is 3.10. The lowest BCUT2D eigenvalue weighted by Crippen LogP contribution is -2.14. The fraction of sp³-hybridized carbons (Fsp3) is 0.857. The van der Waals surface area contributed by atoms with Gasteiger partial charge in [0.2, 0.25) is 0 Å². The molecule has 1 heteroatoms. The smallest absolute Gasteiger partial charge is 0.161 e. The van der Waals surface area contributed by atoms with Crippen LogP contribution in [0, 0.1) is 5.92 Å². The number of carbonyl (C=O) groups is 1. The van der Waals surface area contributed by atoms with Gasteiger partial charge >= 0.3 is 0 Å². The van der Waals surface area contributed by atoms with Gasteiger partial charge in [0.05, 0.1) is 0 Å². The highest BCUT2D eigenvalue weighted by Gasteiger charge is 2.15. The third kappa shape index (κ3) is 12.0. The van der Waals surface area contributed by atoms with Crippen LogP contribution in [0.2, 0.25) is 0 Å². The van der Waals surface area contributed by atoms with Crippen LogP contribution >= 0.6 is 0 Å². The van der Waals surface area contributed by atoms with E-state index in [9.17, 15) is 4.79 Å². The maximum Gasteiger partial charge on any atom is 0.161 e. The van der Waals surface area contributed by atoms with Gasteiger partial charge in [0.1, 0.15) is 0 Å². The van der Waals surface area contributed by atoms with Gasteiger partial charge in [0.25, 0.3) is 0 Å². The van der Waals surface area contributed by atoms with Crippen molar-refractivity contribution >= 4 is 5.78 Å². The zero-order valence-electron chi connectivity index (χ0n) is 15.6. The molecule has 130 valence electrons. The van der Waals surface area contributed by atoms with E-state index in [-0.39, 0.29) is 11.7 Å². The number of Topliss-reactive ketones (excluding diaryl/α,β-unsaturated/α-hetero) is 1. The number of ketones is 1. The molecule has 22 heavy (non-hydrogen) atoms. The maximum absolute atomic E-state index is 11.9. The second-order valence-electron chi connectivity index (χ2n) is 6.93. The Hall–Kier alpha value is -0.590. The largest absolute Gasteiger partial charge is 0.294 e. The Morgan fingerprint density at radius 3 is 1.55 bits per heavy atom. The van der Waals surface area contributed by atoms with E-state index in [1.807, 2.05) is 6.92 Å². The zero-order valence-corrected chi connectivity index (χ0v) is 15.6. The minimum absolute atomic E-state index is 0.223. The van der Waals surface area contributed by atoms with Gasteiger partial charge in [-0.15, -0.1) is 0 Å². The summed E-state index contributed by atoms with van der Waals surface area (Å²) >= 11 is 0. The number of rotatable bonds is 16. The summed E-state index contributed by atoms with van der Waals surface area (Å²) in [4.78, 5) is 11.9. The lowest BCUT2D eigenvalue weighted by atomic mass is 9.91. The Labute approximate surface area is 140 Å². The highest BCUT2D eigenvalue weighted by atomic mass is 16.1. The van der Waals surface area contributed by atoms with E-state index in [1.54, 1.807) is 0 Å². The Bertz CT molecular complexity index is 280. The van der Waals surface area contributed by atoms with Crippen molar-refractivity contribution in [1.82, 2.24) is 0 Å². The molecule has 0 aromatic rings. The Morgan fingerprint density at radius 2 is 1.18 bits per heavy atom. The maximum atomic E-state index is 11.9. The standard InChI is InChI=1S/C21H40O/c1-5-7-8-9-10-11-12-13-14-15-16-17-18-20(6-2)21(22)19(3)4/h20H,3,5-18H2,1-2,4H3. The number of allylic oxidation sites excluding steroid dienone is 1. The van der Waals surface area contributed by atoms with Crippen molar-refractivity contribution in [2.24, 2.45) is 5.92 Å². The third-order valence-electron chi connectivity index (χ3n) is 4.69. The molecule has 0 bridgehead atoms. The van der Waals surface area contributed by atoms with E-state index in [2.05, 4.69) is 20.4 Å². The van der Waals surface area contributed by atoms with Crippen molar-refractivity contribution in [3.05, 3.63) is 12.2 Å². The molecule has 0 aliphatic carbocycles. The second-order valence-corrected chi connectivity index (χ2v) is 6.93. The van der Waals surface area contributed by atoms with Crippen LogP contribution in [-0.4, -0.2) is 5.78 Å². The molecule has 0 heterocycles. The van der Waals surface area contributed by atoms with Crippen LogP contribution in [0.15, 0.2) is 12.2 Å². The first-order valence-electron chi connectivity index (χ1n) is 9.83. The van der Waals surface area contributed by atoms with Crippen LogP contribution in [0.3, 0.4) is 0 Å². The molecular weight excluding hydrogens is 268 g/mol. The Morgan fingerprint density at radius 1 is 0.773 bits per heavy atom.